The van der Waals surface area contributed by atoms with E-state index in [1.165, 1.54) is 0 Å². The van der Waals surface area contributed by atoms with Crippen LogP contribution >= 0.6 is 0 Å². The van der Waals surface area contributed by atoms with Crippen LogP contribution < -0.4 is 10.5 Å². The summed E-state index contributed by atoms with van der Waals surface area (Å²) in [6.45, 7) is 2.71. The lowest BCUT2D eigenvalue weighted by molar-refractivity contribution is 0.0515. The third-order valence-electron chi connectivity index (χ3n) is 3.42. The van der Waals surface area contributed by atoms with Gasteiger partial charge in [0.05, 0.1) is 6.61 Å². The summed E-state index contributed by atoms with van der Waals surface area (Å²) in [5, 5.41) is 0. The summed E-state index contributed by atoms with van der Waals surface area (Å²) in [6, 6.07) is 3.38. The van der Waals surface area contributed by atoms with E-state index in [0.29, 0.717) is 30.5 Å². The van der Waals surface area contributed by atoms with E-state index >= 15 is 0 Å². The van der Waals surface area contributed by atoms with Crippen LogP contribution in [0.2, 0.25) is 0 Å². The lowest BCUT2D eigenvalue weighted by Crippen LogP contribution is -2.28. The number of carbonyl (C=O) groups is 1. The number of carbonyl (C=O) groups excluding carboxylic acids is 1. The fourth-order valence-corrected chi connectivity index (χ4v) is 2.42. The number of hydrogen-bond acceptors (Lipinski definition) is 5. The molecule has 2 atom stereocenters. The number of rotatable bonds is 5. The Balaban J connectivity index is 2.13. The van der Waals surface area contributed by atoms with Gasteiger partial charge in [0.1, 0.15) is 11.7 Å². The molecular weight excluding hydrogens is 244 g/mol. The fraction of sp³-hybridized carbons (Fsp3) is 0.571. The van der Waals surface area contributed by atoms with E-state index in [1.807, 2.05) is 0 Å². The molecule has 2 unspecified atom stereocenters. The summed E-state index contributed by atoms with van der Waals surface area (Å²) >= 11 is 0. The highest BCUT2D eigenvalue weighted by molar-refractivity contribution is 5.91. The predicted molar refractivity (Wildman–Crippen MR) is 71.0 cm³/mol. The molecule has 0 aromatic carbocycles. The molecule has 0 spiro atoms. The van der Waals surface area contributed by atoms with Gasteiger partial charge in [-0.2, -0.15) is 0 Å². The van der Waals surface area contributed by atoms with Crippen molar-refractivity contribution in [2.24, 2.45) is 11.7 Å². The normalized spacial score (nSPS) is 22.2. The lowest BCUT2D eigenvalue weighted by atomic mass is 10.1. The molecule has 1 aromatic rings. The molecule has 0 aliphatic heterocycles. The molecule has 2 rings (SSSR count). The van der Waals surface area contributed by atoms with E-state index in [1.54, 1.807) is 25.3 Å². The van der Waals surface area contributed by atoms with E-state index in [2.05, 4.69) is 4.98 Å². The van der Waals surface area contributed by atoms with Gasteiger partial charge >= 0.3 is 5.97 Å². The maximum Gasteiger partial charge on any atom is 0.343 e. The molecule has 5 heteroatoms. The van der Waals surface area contributed by atoms with Gasteiger partial charge in [-0.15, -0.1) is 0 Å². The first-order chi connectivity index (χ1) is 9.26. The Morgan fingerprint density at radius 2 is 2.37 bits per heavy atom. The number of ether oxygens (including phenoxy) is 2. The highest BCUT2D eigenvalue weighted by atomic mass is 16.5. The minimum absolute atomic E-state index is 0.0491. The first-order valence-corrected chi connectivity index (χ1v) is 6.75. The predicted octanol–water partition coefficient (Wildman–Crippen LogP) is 1.76. The molecule has 1 fully saturated rings. The van der Waals surface area contributed by atoms with Crippen LogP contribution in [-0.2, 0) is 4.74 Å². The SMILES string of the molecule is CCOC(=O)c1cccnc1OC1CCCC1CN. The Labute approximate surface area is 113 Å². The van der Waals surface area contributed by atoms with Gasteiger partial charge in [-0.1, -0.05) is 0 Å². The number of esters is 1. The minimum Gasteiger partial charge on any atom is -0.473 e. The van der Waals surface area contributed by atoms with Gasteiger partial charge in [-0.3, -0.25) is 0 Å². The number of pyridine rings is 1. The van der Waals surface area contributed by atoms with Crippen molar-refractivity contribution in [1.29, 1.82) is 0 Å². The van der Waals surface area contributed by atoms with Gasteiger partial charge in [0, 0.05) is 12.1 Å². The first kappa shape index (κ1) is 13.8. The van der Waals surface area contributed by atoms with E-state index < -0.39 is 5.97 Å². The molecule has 0 saturated heterocycles. The summed E-state index contributed by atoms with van der Waals surface area (Å²) in [4.78, 5) is 16.0. The smallest absolute Gasteiger partial charge is 0.343 e. The molecule has 2 N–H and O–H groups in total. The highest BCUT2D eigenvalue weighted by Gasteiger charge is 2.29. The molecule has 19 heavy (non-hydrogen) atoms. The summed E-state index contributed by atoms with van der Waals surface area (Å²) in [5.74, 6) is 0.302. The molecule has 1 heterocycles. The van der Waals surface area contributed by atoms with Crippen LogP contribution in [-0.4, -0.2) is 30.2 Å². The minimum atomic E-state index is -0.395. The molecule has 1 aliphatic rings. The van der Waals surface area contributed by atoms with E-state index in [4.69, 9.17) is 15.2 Å². The Hall–Kier alpha value is -1.62. The van der Waals surface area contributed by atoms with Crippen molar-refractivity contribution in [2.45, 2.75) is 32.3 Å². The average molecular weight is 264 g/mol. The zero-order chi connectivity index (χ0) is 13.7. The molecule has 0 amide bonds. The van der Waals surface area contributed by atoms with E-state index in [0.717, 1.165) is 19.3 Å². The average Bonchev–Trinajstić information content (AvgIpc) is 2.87. The monoisotopic (exact) mass is 264 g/mol. The van der Waals surface area contributed by atoms with Crippen LogP contribution in [0.15, 0.2) is 18.3 Å². The van der Waals surface area contributed by atoms with Gasteiger partial charge in [-0.25, -0.2) is 9.78 Å². The zero-order valence-electron chi connectivity index (χ0n) is 11.2. The van der Waals surface area contributed by atoms with Gasteiger partial charge < -0.3 is 15.2 Å². The summed E-state index contributed by atoms with van der Waals surface area (Å²) < 4.78 is 10.9. The molecular formula is C14H20N2O3. The molecule has 1 aliphatic carbocycles. The largest absolute Gasteiger partial charge is 0.473 e. The van der Waals surface area contributed by atoms with Crippen molar-refractivity contribution < 1.29 is 14.3 Å². The molecule has 0 bridgehead atoms. The van der Waals surface area contributed by atoms with Crippen LogP contribution in [0.1, 0.15) is 36.5 Å². The first-order valence-electron chi connectivity index (χ1n) is 6.75. The fourth-order valence-electron chi connectivity index (χ4n) is 2.42. The van der Waals surface area contributed by atoms with Crippen LogP contribution in [0.5, 0.6) is 5.88 Å². The zero-order valence-corrected chi connectivity index (χ0v) is 11.2. The number of hydrogen-bond donors (Lipinski definition) is 1. The molecule has 5 nitrogen and oxygen atoms in total. The molecule has 104 valence electrons. The van der Waals surface area contributed by atoms with Crippen molar-refractivity contribution in [2.75, 3.05) is 13.2 Å². The van der Waals surface area contributed by atoms with Crippen LogP contribution in [0.3, 0.4) is 0 Å². The van der Waals surface area contributed by atoms with Crippen molar-refractivity contribution >= 4 is 5.97 Å². The standard InChI is InChI=1S/C14H20N2O3/c1-2-18-14(17)11-6-4-8-16-13(11)19-12-7-3-5-10(12)9-15/h4,6,8,10,12H,2-3,5,7,9,15H2,1H3. The van der Waals surface area contributed by atoms with Crippen LogP contribution in [0.25, 0.3) is 0 Å². The third-order valence-corrected chi connectivity index (χ3v) is 3.42. The summed E-state index contributed by atoms with van der Waals surface area (Å²) in [7, 11) is 0. The molecule has 1 saturated carbocycles. The topological polar surface area (TPSA) is 74.4 Å². The second-order valence-corrected chi connectivity index (χ2v) is 4.66. The van der Waals surface area contributed by atoms with Crippen molar-refractivity contribution in [3.8, 4) is 5.88 Å². The Kier molecular flexibility index (Phi) is 4.74. The second kappa shape index (κ2) is 6.52. The maximum absolute atomic E-state index is 11.8. The third kappa shape index (κ3) is 3.23. The van der Waals surface area contributed by atoms with Crippen LogP contribution in [0, 0.1) is 5.92 Å². The van der Waals surface area contributed by atoms with Crippen molar-refractivity contribution in [1.82, 2.24) is 4.98 Å². The Morgan fingerprint density at radius 3 is 3.11 bits per heavy atom. The van der Waals surface area contributed by atoms with E-state index in [-0.39, 0.29) is 6.10 Å². The molecule has 0 radical (unpaired) electrons. The number of nitrogens with zero attached hydrogens (tertiary/aromatic N) is 1. The Bertz CT molecular complexity index is 436. The second-order valence-electron chi connectivity index (χ2n) is 4.66. The van der Waals surface area contributed by atoms with Crippen LogP contribution in [0.4, 0.5) is 0 Å². The van der Waals surface area contributed by atoms with Crippen molar-refractivity contribution in [3.05, 3.63) is 23.9 Å². The summed E-state index contributed by atoms with van der Waals surface area (Å²) in [5.41, 5.74) is 6.11. The van der Waals surface area contributed by atoms with E-state index in [9.17, 15) is 4.79 Å². The Morgan fingerprint density at radius 1 is 1.53 bits per heavy atom. The van der Waals surface area contributed by atoms with Crippen molar-refractivity contribution in [3.63, 3.8) is 0 Å². The van der Waals surface area contributed by atoms with Gasteiger partial charge in [-0.05, 0) is 44.9 Å². The molecule has 1 aromatic heterocycles. The van der Waals surface area contributed by atoms with Gasteiger partial charge in [0.2, 0.25) is 5.88 Å². The maximum atomic E-state index is 11.8. The highest BCUT2D eigenvalue weighted by Crippen LogP contribution is 2.29. The van der Waals surface area contributed by atoms with Gasteiger partial charge in [0.25, 0.3) is 0 Å². The lowest BCUT2D eigenvalue weighted by Gasteiger charge is -2.20. The van der Waals surface area contributed by atoms with Gasteiger partial charge in [0.15, 0.2) is 0 Å². The number of nitrogens with two attached hydrogens (primary N) is 1. The number of aromatic nitrogens is 1. The summed E-state index contributed by atoms with van der Waals surface area (Å²) in [6.07, 6.45) is 4.80. The quantitative estimate of drug-likeness (QED) is 0.820.